The number of amides is 3. The van der Waals surface area contributed by atoms with Crippen molar-refractivity contribution in [3.63, 3.8) is 0 Å². The van der Waals surface area contributed by atoms with Crippen LogP contribution in [0.1, 0.15) is 70.0 Å². The third-order valence-corrected chi connectivity index (χ3v) is 7.09. The first-order valence-corrected chi connectivity index (χ1v) is 13.2. The second-order valence-electron chi connectivity index (χ2n) is 11.0. The second-order valence-corrected chi connectivity index (χ2v) is 11.0. The van der Waals surface area contributed by atoms with Gasteiger partial charge in [-0.2, -0.15) is 0 Å². The molecule has 2 atom stereocenters. The zero-order chi connectivity index (χ0) is 27.4. The van der Waals surface area contributed by atoms with Crippen LogP contribution in [0, 0.1) is 17.6 Å². The Labute approximate surface area is 221 Å². The molecule has 1 aliphatic heterocycles. The standard InChI is InChI=1S/C29H35F2N3O4/c1-29(2,3)38-28(37)33-23(19-11-5-4-6-12-19)27(36)34-17-16-18-10-7-8-13-20(18)25(34)26(35)32-24-21(30)14-9-15-22(24)31/h7-10,13-15,19,23,25H,4-6,11-12,16-17H2,1-3H3,(H,32,35)(H,33,37)/t23-,25-/m0/s1. The van der Waals surface area contributed by atoms with E-state index in [1.165, 1.54) is 11.0 Å². The highest BCUT2D eigenvalue weighted by molar-refractivity contribution is 5.99. The second kappa shape index (κ2) is 11.5. The maximum absolute atomic E-state index is 14.4. The lowest BCUT2D eigenvalue weighted by molar-refractivity contribution is -0.142. The summed E-state index contributed by atoms with van der Waals surface area (Å²) in [6.45, 7) is 5.45. The van der Waals surface area contributed by atoms with Crippen LogP contribution in [0.5, 0.6) is 0 Å². The van der Waals surface area contributed by atoms with Gasteiger partial charge in [0.2, 0.25) is 5.91 Å². The van der Waals surface area contributed by atoms with Gasteiger partial charge in [-0.15, -0.1) is 0 Å². The first kappa shape index (κ1) is 27.5. The van der Waals surface area contributed by atoms with Gasteiger partial charge in [0.1, 0.15) is 35.0 Å². The summed E-state index contributed by atoms with van der Waals surface area (Å²) < 4.78 is 34.2. The molecular weight excluding hydrogens is 492 g/mol. The average molecular weight is 528 g/mol. The molecule has 1 fully saturated rings. The third kappa shape index (κ3) is 6.31. The molecule has 4 rings (SSSR count). The van der Waals surface area contributed by atoms with Crippen LogP contribution in [0.4, 0.5) is 19.3 Å². The molecule has 2 aromatic carbocycles. The molecule has 3 amide bonds. The number of carbonyl (C=O) groups is 3. The number of halogens is 2. The number of nitrogens with zero attached hydrogens (tertiary/aromatic N) is 1. The van der Waals surface area contributed by atoms with E-state index in [1.807, 2.05) is 12.1 Å². The van der Waals surface area contributed by atoms with Gasteiger partial charge in [-0.05, 0) is 69.2 Å². The van der Waals surface area contributed by atoms with E-state index in [1.54, 1.807) is 32.9 Å². The Morgan fingerprint density at radius 1 is 0.974 bits per heavy atom. The number of ether oxygens (including phenoxy) is 1. The number of hydrogen-bond acceptors (Lipinski definition) is 4. The van der Waals surface area contributed by atoms with E-state index in [-0.39, 0.29) is 12.5 Å². The predicted octanol–water partition coefficient (Wildman–Crippen LogP) is 5.50. The van der Waals surface area contributed by atoms with E-state index in [0.29, 0.717) is 12.0 Å². The summed E-state index contributed by atoms with van der Waals surface area (Å²) in [5.74, 6) is -3.08. The molecule has 0 bridgehead atoms. The maximum Gasteiger partial charge on any atom is 0.408 e. The van der Waals surface area contributed by atoms with Crippen molar-refractivity contribution in [1.29, 1.82) is 0 Å². The first-order valence-electron chi connectivity index (χ1n) is 13.2. The highest BCUT2D eigenvalue weighted by atomic mass is 19.1. The lowest BCUT2D eigenvalue weighted by atomic mass is 9.82. The molecular formula is C29H35F2N3O4. The predicted molar refractivity (Wildman–Crippen MR) is 139 cm³/mol. The molecule has 38 heavy (non-hydrogen) atoms. The number of hydrogen-bond donors (Lipinski definition) is 2. The van der Waals surface area contributed by atoms with Gasteiger partial charge < -0.3 is 20.3 Å². The van der Waals surface area contributed by atoms with Gasteiger partial charge in [0.05, 0.1) is 0 Å². The summed E-state index contributed by atoms with van der Waals surface area (Å²) in [4.78, 5) is 41.9. The van der Waals surface area contributed by atoms with E-state index in [2.05, 4.69) is 10.6 Å². The number of fused-ring (bicyclic) bond motifs is 1. The molecule has 2 aromatic rings. The van der Waals surface area contributed by atoms with Crippen LogP contribution in [-0.4, -0.2) is 41.0 Å². The molecule has 9 heteroatoms. The molecule has 2 N–H and O–H groups in total. The number of benzene rings is 2. The largest absolute Gasteiger partial charge is 0.444 e. The van der Waals surface area contributed by atoms with Gasteiger partial charge in [0.15, 0.2) is 0 Å². The Morgan fingerprint density at radius 2 is 1.63 bits per heavy atom. The van der Waals surface area contributed by atoms with Crippen molar-refractivity contribution in [3.8, 4) is 0 Å². The minimum Gasteiger partial charge on any atom is -0.444 e. The molecule has 0 radical (unpaired) electrons. The summed E-state index contributed by atoms with van der Waals surface area (Å²) in [5, 5.41) is 5.16. The Bertz CT molecular complexity index is 1170. The van der Waals surface area contributed by atoms with E-state index in [9.17, 15) is 23.2 Å². The average Bonchev–Trinajstić information content (AvgIpc) is 2.88. The minimum atomic E-state index is -1.13. The highest BCUT2D eigenvalue weighted by Gasteiger charge is 2.42. The Morgan fingerprint density at radius 3 is 2.29 bits per heavy atom. The SMILES string of the molecule is CC(C)(C)OC(=O)N[C@H](C(=O)N1CCc2ccccc2[C@H]1C(=O)Nc1c(F)cccc1F)C1CCCCC1. The normalized spacial score (nSPS) is 18.8. The molecule has 1 aliphatic carbocycles. The number of para-hydroxylation sites is 1. The van der Waals surface area contributed by atoms with Crippen LogP contribution in [-0.2, 0) is 20.7 Å². The number of rotatable bonds is 5. The number of alkyl carbamates (subject to hydrolysis) is 1. The maximum atomic E-state index is 14.4. The lowest BCUT2D eigenvalue weighted by Crippen LogP contribution is -2.56. The molecule has 0 spiro atoms. The van der Waals surface area contributed by atoms with Gasteiger partial charge in [0, 0.05) is 6.54 Å². The zero-order valence-electron chi connectivity index (χ0n) is 22.1. The van der Waals surface area contributed by atoms with Crippen molar-refractivity contribution in [3.05, 3.63) is 65.2 Å². The van der Waals surface area contributed by atoms with E-state index >= 15 is 0 Å². The lowest BCUT2D eigenvalue weighted by Gasteiger charge is -2.40. The van der Waals surface area contributed by atoms with E-state index in [4.69, 9.17) is 4.74 Å². The Kier molecular flexibility index (Phi) is 8.33. The molecule has 0 saturated heterocycles. The van der Waals surface area contributed by atoms with Crippen molar-refractivity contribution in [2.45, 2.75) is 77.0 Å². The molecule has 7 nitrogen and oxygen atoms in total. The van der Waals surface area contributed by atoms with Crippen molar-refractivity contribution in [2.75, 3.05) is 11.9 Å². The van der Waals surface area contributed by atoms with Gasteiger partial charge in [0.25, 0.3) is 5.91 Å². The fraction of sp³-hybridized carbons (Fsp3) is 0.483. The van der Waals surface area contributed by atoms with Gasteiger partial charge in [-0.25, -0.2) is 13.6 Å². The summed E-state index contributed by atoms with van der Waals surface area (Å²) in [7, 11) is 0. The van der Waals surface area contributed by atoms with Crippen LogP contribution in [0.25, 0.3) is 0 Å². The molecule has 2 aliphatic rings. The van der Waals surface area contributed by atoms with Gasteiger partial charge >= 0.3 is 6.09 Å². The molecule has 1 heterocycles. The van der Waals surface area contributed by atoms with Crippen LogP contribution in [0.2, 0.25) is 0 Å². The molecule has 204 valence electrons. The van der Waals surface area contributed by atoms with Crippen molar-refractivity contribution in [1.82, 2.24) is 10.2 Å². The quantitative estimate of drug-likeness (QED) is 0.537. The van der Waals surface area contributed by atoms with Crippen LogP contribution < -0.4 is 10.6 Å². The fourth-order valence-electron chi connectivity index (χ4n) is 5.36. The van der Waals surface area contributed by atoms with Gasteiger partial charge in [-0.3, -0.25) is 9.59 Å². The monoisotopic (exact) mass is 527 g/mol. The van der Waals surface area contributed by atoms with Crippen LogP contribution in [0.3, 0.4) is 0 Å². The Balaban J connectivity index is 1.67. The number of carbonyl (C=O) groups excluding carboxylic acids is 3. The Hall–Kier alpha value is -3.49. The van der Waals surface area contributed by atoms with Crippen LogP contribution in [0.15, 0.2) is 42.5 Å². The smallest absolute Gasteiger partial charge is 0.408 e. The fourth-order valence-corrected chi connectivity index (χ4v) is 5.36. The van der Waals surface area contributed by atoms with Crippen LogP contribution >= 0.6 is 0 Å². The zero-order valence-corrected chi connectivity index (χ0v) is 22.1. The van der Waals surface area contributed by atoms with Gasteiger partial charge in [-0.1, -0.05) is 49.6 Å². The number of anilines is 1. The summed E-state index contributed by atoms with van der Waals surface area (Å²) >= 11 is 0. The molecule has 1 saturated carbocycles. The summed E-state index contributed by atoms with van der Waals surface area (Å²) in [6, 6.07) is 8.52. The van der Waals surface area contributed by atoms with Crippen molar-refractivity contribution < 1.29 is 27.9 Å². The van der Waals surface area contributed by atoms with E-state index < -0.39 is 52.9 Å². The van der Waals surface area contributed by atoms with E-state index in [0.717, 1.165) is 49.8 Å². The summed E-state index contributed by atoms with van der Waals surface area (Å²) in [5.41, 5.74) is 0.144. The van der Waals surface area contributed by atoms with Crippen molar-refractivity contribution >= 4 is 23.6 Å². The number of nitrogens with one attached hydrogen (secondary N) is 2. The molecule has 0 unspecified atom stereocenters. The highest BCUT2D eigenvalue weighted by Crippen LogP contribution is 2.35. The molecule has 0 aromatic heterocycles. The van der Waals surface area contributed by atoms with Crippen molar-refractivity contribution in [2.24, 2.45) is 5.92 Å². The first-order chi connectivity index (χ1) is 18.0. The topological polar surface area (TPSA) is 87.7 Å². The minimum absolute atomic E-state index is 0.117. The summed E-state index contributed by atoms with van der Waals surface area (Å²) in [6.07, 6.45) is 4.24. The third-order valence-electron chi connectivity index (χ3n) is 7.09.